The molecule has 3 N–H and O–H groups in total. The zero-order valence-corrected chi connectivity index (χ0v) is 12.5. The Morgan fingerprint density at radius 2 is 1.90 bits per heavy atom. The number of rotatable bonds is 3. The summed E-state index contributed by atoms with van der Waals surface area (Å²) in [6, 6.07) is 12.2. The molecule has 5 heteroatoms. The van der Waals surface area contributed by atoms with Crippen LogP contribution >= 0.6 is 15.9 Å². The molecule has 0 unspecified atom stereocenters. The maximum absolute atomic E-state index is 11.3. The second-order valence-corrected chi connectivity index (χ2v) is 5.65. The molecule has 0 radical (unpaired) electrons. The Kier molecular flexibility index (Phi) is 3.36. The van der Waals surface area contributed by atoms with Gasteiger partial charge in [-0.1, -0.05) is 29.8 Å². The predicted octanol–water partition coefficient (Wildman–Crippen LogP) is 3.54. The van der Waals surface area contributed by atoms with Crippen LogP contribution in [0.15, 0.2) is 45.7 Å². The summed E-state index contributed by atoms with van der Waals surface area (Å²) in [5.41, 5.74) is 4.82. The standard InChI is InChI=1S/C15H14BrN3O/c1-9-3-2-4-10(5-9)8-17-12-7-14-13(6-11(12)16)18-15(20)19-14/h2-7,17H,8H2,1H3,(H2,18,19,20). The molecule has 0 aliphatic heterocycles. The first-order chi connectivity index (χ1) is 9.61. The highest BCUT2D eigenvalue weighted by Gasteiger charge is 2.05. The van der Waals surface area contributed by atoms with Gasteiger partial charge in [-0.15, -0.1) is 0 Å². The summed E-state index contributed by atoms with van der Waals surface area (Å²) in [7, 11) is 0. The van der Waals surface area contributed by atoms with Crippen LogP contribution in [0.5, 0.6) is 0 Å². The Balaban J connectivity index is 1.86. The molecule has 0 fully saturated rings. The Morgan fingerprint density at radius 1 is 1.15 bits per heavy atom. The van der Waals surface area contributed by atoms with E-state index < -0.39 is 0 Å². The van der Waals surface area contributed by atoms with E-state index in [1.54, 1.807) is 0 Å². The van der Waals surface area contributed by atoms with Gasteiger partial charge in [0.1, 0.15) is 0 Å². The third-order valence-corrected chi connectivity index (χ3v) is 3.83. The third kappa shape index (κ3) is 2.63. The highest BCUT2D eigenvalue weighted by atomic mass is 79.9. The molecule has 0 saturated heterocycles. The first-order valence-electron chi connectivity index (χ1n) is 6.33. The van der Waals surface area contributed by atoms with E-state index in [9.17, 15) is 4.79 Å². The maximum atomic E-state index is 11.3. The van der Waals surface area contributed by atoms with Crippen molar-refractivity contribution in [3.63, 3.8) is 0 Å². The topological polar surface area (TPSA) is 60.7 Å². The van der Waals surface area contributed by atoms with E-state index in [2.05, 4.69) is 56.3 Å². The van der Waals surface area contributed by atoms with E-state index in [-0.39, 0.29) is 5.69 Å². The summed E-state index contributed by atoms with van der Waals surface area (Å²) < 4.78 is 0.924. The summed E-state index contributed by atoms with van der Waals surface area (Å²) in [6.07, 6.45) is 0. The first-order valence-corrected chi connectivity index (χ1v) is 7.12. The number of fused-ring (bicyclic) bond motifs is 1. The van der Waals surface area contributed by atoms with Crippen LogP contribution < -0.4 is 11.0 Å². The summed E-state index contributed by atoms with van der Waals surface area (Å²) in [4.78, 5) is 16.8. The SMILES string of the molecule is Cc1cccc(CNc2cc3[nH]c(=O)[nH]c3cc2Br)c1. The maximum Gasteiger partial charge on any atom is 0.323 e. The van der Waals surface area contributed by atoms with Crippen molar-refractivity contribution in [1.29, 1.82) is 0 Å². The van der Waals surface area contributed by atoms with Crippen molar-refractivity contribution in [2.24, 2.45) is 0 Å². The minimum absolute atomic E-state index is 0.192. The molecule has 0 bridgehead atoms. The fourth-order valence-corrected chi connectivity index (χ4v) is 2.69. The molecule has 0 atom stereocenters. The van der Waals surface area contributed by atoms with Gasteiger partial charge in [0.05, 0.1) is 16.7 Å². The first kappa shape index (κ1) is 13.0. The van der Waals surface area contributed by atoms with Gasteiger partial charge in [-0.25, -0.2) is 4.79 Å². The molecule has 0 saturated carbocycles. The minimum atomic E-state index is -0.192. The summed E-state index contributed by atoms with van der Waals surface area (Å²) in [6.45, 7) is 2.82. The number of halogens is 1. The molecule has 4 nitrogen and oxygen atoms in total. The number of benzene rings is 2. The Morgan fingerprint density at radius 3 is 2.65 bits per heavy atom. The molecular formula is C15H14BrN3O. The monoisotopic (exact) mass is 331 g/mol. The Labute approximate surface area is 124 Å². The van der Waals surface area contributed by atoms with Gasteiger partial charge in [0, 0.05) is 11.0 Å². The average molecular weight is 332 g/mol. The van der Waals surface area contributed by atoms with Crippen LogP contribution in [-0.4, -0.2) is 9.97 Å². The number of anilines is 1. The van der Waals surface area contributed by atoms with Crippen LogP contribution in [-0.2, 0) is 6.54 Å². The Bertz CT molecular complexity index is 819. The van der Waals surface area contributed by atoms with Crippen LogP contribution in [0.25, 0.3) is 11.0 Å². The molecule has 0 aliphatic rings. The van der Waals surface area contributed by atoms with E-state index in [4.69, 9.17) is 0 Å². The molecular weight excluding hydrogens is 318 g/mol. The average Bonchev–Trinajstić information content (AvgIpc) is 2.75. The van der Waals surface area contributed by atoms with Gasteiger partial charge in [-0.2, -0.15) is 0 Å². The van der Waals surface area contributed by atoms with Crippen LogP contribution in [0, 0.1) is 6.92 Å². The van der Waals surface area contributed by atoms with Crippen molar-refractivity contribution < 1.29 is 0 Å². The molecule has 0 spiro atoms. The zero-order valence-electron chi connectivity index (χ0n) is 11.0. The van der Waals surface area contributed by atoms with Crippen molar-refractivity contribution in [2.45, 2.75) is 13.5 Å². The molecule has 3 aromatic rings. The lowest BCUT2D eigenvalue weighted by atomic mass is 10.1. The smallest absolute Gasteiger partial charge is 0.323 e. The molecule has 2 aromatic carbocycles. The molecule has 0 aliphatic carbocycles. The highest BCUT2D eigenvalue weighted by molar-refractivity contribution is 9.10. The largest absolute Gasteiger partial charge is 0.380 e. The number of imidazole rings is 1. The summed E-state index contributed by atoms with van der Waals surface area (Å²) >= 11 is 3.52. The zero-order chi connectivity index (χ0) is 14.1. The number of nitrogens with one attached hydrogen (secondary N) is 3. The van der Waals surface area contributed by atoms with E-state index in [0.717, 1.165) is 27.7 Å². The van der Waals surface area contributed by atoms with Crippen LogP contribution in [0.2, 0.25) is 0 Å². The van der Waals surface area contributed by atoms with Gasteiger partial charge in [0.25, 0.3) is 0 Å². The lowest BCUT2D eigenvalue weighted by Gasteiger charge is -2.09. The molecule has 3 rings (SSSR count). The number of H-pyrrole nitrogens is 2. The van der Waals surface area contributed by atoms with Crippen molar-refractivity contribution in [3.8, 4) is 0 Å². The van der Waals surface area contributed by atoms with E-state index >= 15 is 0 Å². The van der Waals surface area contributed by atoms with Crippen LogP contribution in [0.3, 0.4) is 0 Å². The fourth-order valence-electron chi connectivity index (χ4n) is 2.21. The van der Waals surface area contributed by atoms with Gasteiger partial charge in [-0.05, 0) is 40.5 Å². The molecule has 20 heavy (non-hydrogen) atoms. The van der Waals surface area contributed by atoms with Gasteiger partial charge in [-0.3, -0.25) is 0 Å². The van der Waals surface area contributed by atoms with E-state index in [0.29, 0.717) is 0 Å². The summed E-state index contributed by atoms with van der Waals surface area (Å²) in [5, 5.41) is 3.38. The lowest BCUT2D eigenvalue weighted by Crippen LogP contribution is -2.00. The van der Waals surface area contributed by atoms with Gasteiger partial charge < -0.3 is 15.3 Å². The second-order valence-electron chi connectivity index (χ2n) is 4.80. The van der Waals surface area contributed by atoms with E-state index in [1.807, 2.05) is 18.2 Å². The van der Waals surface area contributed by atoms with Crippen molar-refractivity contribution >= 4 is 32.7 Å². The second kappa shape index (κ2) is 5.17. The predicted molar refractivity (Wildman–Crippen MR) is 85.1 cm³/mol. The lowest BCUT2D eigenvalue weighted by molar-refractivity contribution is 1.14. The highest BCUT2D eigenvalue weighted by Crippen LogP contribution is 2.26. The summed E-state index contributed by atoms with van der Waals surface area (Å²) in [5.74, 6) is 0. The van der Waals surface area contributed by atoms with Crippen LogP contribution in [0.1, 0.15) is 11.1 Å². The number of aromatic nitrogens is 2. The molecule has 0 amide bonds. The van der Waals surface area contributed by atoms with E-state index in [1.165, 1.54) is 11.1 Å². The molecule has 1 aromatic heterocycles. The van der Waals surface area contributed by atoms with Crippen molar-refractivity contribution in [2.75, 3.05) is 5.32 Å². The minimum Gasteiger partial charge on any atom is -0.380 e. The Hall–Kier alpha value is -2.01. The number of hydrogen-bond acceptors (Lipinski definition) is 2. The van der Waals surface area contributed by atoms with Gasteiger partial charge in [0.15, 0.2) is 0 Å². The normalized spacial score (nSPS) is 10.9. The molecule has 102 valence electrons. The van der Waals surface area contributed by atoms with Gasteiger partial charge in [0.2, 0.25) is 0 Å². The quantitative estimate of drug-likeness (QED) is 0.687. The number of aryl methyl sites for hydroxylation is 1. The van der Waals surface area contributed by atoms with Gasteiger partial charge >= 0.3 is 5.69 Å². The number of aromatic amines is 2. The number of hydrogen-bond donors (Lipinski definition) is 3. The van der Waals surface area contributed by atoms with Crippen molar-refractivity contribution in [1.82, 2.24) is 9.97 Å². The fraction of sp³-hybridized carbons (Fsp3) is 0.133. The molecule has 1 heterocycles. The van der Waals surface area contributed by atoms with Crippen LogP contribution in [0.4, 0.5) is 5.69 Å². The third-order valence-electron chi connectivity index (χ3n) is 3.17. The van der Waals surface area contributed by atoms with Crippen molar-refractivity contribution in [3.05, 3.63) is 62.5 Å².